The maximum atomic E-state index is 12.8. The summed E-state index contributed by atoms with van der Waals surface area (Å²) in [6, 6.07) is 13.1. The molecule has 1 fully saturated rings. The van der Waals surface area contributed by atoms with E-state index in [1.165, 1.54) is 0 Å². The van der Waals surface area contributed by atoms with Gasteiger partial charge in [0.15, 0.2) is 5.75 Å². The van der Waals surface area contributed by atoms with Crippen LogP contribution >= 0.6 is 11.6 Å². The van der Waals surface area contributed by atoms with E-state index in [0.717, 1.165) is 23.7 Å². The highest BCUT2D eigenvalue weighted by Gasteiger charge is 2.33. The molecule has 3 atom stereocenters. The summed E-state index contributed by atoms with van der Waals surface area (Å²) < 4.78 is 11.8. The Labute approximate surface area is 205 Å². The number of amidine groups is 1. The van der Waals surface area contributed by atoms with E-state index in [1.54, 1.807) is 26.0 Å². The van der Waals surface area contributed by atoms with Crippen molar-refractivity contribution in [3.05, 3.63) is 53.1 Å². The van der Waals surface area contributed by atoms with Crippen LogP contribution in [0.3, 0.4) is 0 Å². The molecule has 0 saturated carbocycles. The second kappa shape index (κ2) is 9.94. The third kappa shape index (κ3) is 5.71. The molecule has 7 nitrogen and oxygen atoms in total. The van der Waals surface area contributed by atoms with Gasteiger partial charge in [0.05, 0.1) is 17.1 Å². The number of aliphatic hydroxyl groups is 1. The molecule has 0 bridgehead atoms. The van der Waals surface area contributed by atoms with Crippen LogP contribution < -0.4 is 10.1 Å². The Morgan fingerprint density at radius 3 is 2.82 bits per heavy atom. The summed E-state index contributed by atoms with van der Waals surface area (Å²) in [6.45, 7) is 9.12. The monoisotopic (exact) mass is 485 g/mol. The van der Waals surface area contributed by atoms with Gasteiger partial charge in [0.25, 0.3) is 0 Å². The van der Waals surface area contributed by atoms with Crippen molar-refractivity contribution < 1.29 is 19.4 Å². The Kier molecular flexibility index (Phi) is 7.17. The highest BCUT2D eigenvalue weighted by atomic mass is 35.5. The van der Waals surface area contributed by atoms with Crippen LogP contribution in [-0.4, -0.2) is 59.2 Å². The van der Waals surface area contributed by atoms with Crippen molar-refractivity contribution in [3.8, 4) is 11.5 Å². The maximum absolute atomic E-state index is 12.8. The molecule has 0 spiro atoms. The van der Waals surface area contributed by atoms with Gasteiger partial charge in [-0.05, 0) is 51.1 Å². The summed E-state index contributed by atoms with van der Waals surface area (Å²) in [7, 11) is 0. The van der Waals surface area contributed by atoms with E-state index in [4.69, 9.17) is 26.1 Å². The molecule has 2 aliphatic heterocycles. The number of ether oxygens (including phenoxy) is 2. The minimum atomic E-state index is -0.894. The lowest BCUT2D eigenvalue weighted by Crippen LogP contribution is -2.56. The van der Waals surface area contributed by atoms with Crippen LogP contribution in [0.1, 0.15) is 39.7 Å². The minimum absolute atomic E-state index is 0.117. The quantitative estimate of drug-likeness (QED) is 0.605. The van der Waals surface area contributed by atoms with Crippen LogP contribution in [0.2, 0.25) is 5.02 Å². The molecule has 2 heterocycles. The van der Waals surface area contributed by atoms with Gasteiger partial charge in [-0.25, -0.2) is 4.99 Å². The smallest absolute Gasteiger partial charge is 0.310 e. The number of benzene rings is 2. The number of fused-ring (bicyclic) bond motifs is 2. The van der Waals surface area contributed by atoms with Crippen LogP contribution in [0.4, 0.5) is 5.69 Å². The van der Waals surface area contributed by atoms with Crippen LogP contribution in [0.25, 0.3) is 0 Å². The number of para-hydroxylation sites is 1. The predicted molar refractivity (Wildman–Crippen MR) is 133 cm³/mol. The number of esters is 1. The Bertz CT molecular complexity index is 1080. The number of nitrogens with zero attached hydrogens (tertiary/aromatic N) is 2. The summed E-state index contributed by atoms with van der Waals surface area (Å²) in [4.78, 5) is 20.0. The second-order valence-corrected chi connectivity index (χ2v) is 10.1. The summed E-state index contributed by atoms with van der Waals surface area (Å²) in [6.07, 6.45) is 0.0109. The standard InChI is InChI=1S/C26H32ClN3O4/c1-16(14-26(3,4)32)33-25(31)17(2)21-15-30(12-11-28-21)24-19-7-5-6-8-22(19)34-23-10-9-18(27)13-20(23)29-24/h5-10,13,16-17,21,28,32H,11-12,14-15H2,1-4H3/t16-,17+,21-/m1/s1. The SMILES string of the molecule is C[C@H](CC(C)(C)O)OC(=O)[C@@H](C)[C@H]1CN(C2=Nc3cc(Cl)ccc3Oc3ccccc32)CCN1. The van der Waals surface area contributed by atoms with Crippen LogP contribution in [0.15, 0.2) is 47.5 Å². The number of carbonyl (C=O) groups is 1. The van der Waals surface area contributed by atoms with Gasteiger partial charge in [0.2, 0.25) is 0 Å². The lowest BCUT2D eigenvalue weighted by atomic mass is 9.98. The summed E-state index contributed by atoms with van der Waals surface area (Å²) >= 11 is 6.24. The summed E-state index contributed by atoms with van der Waals surface area (Å²) in [5.74, 6) is 1.52. The number of nitrogens with one attached hydrogen (secondary N) is 1. The van der Waals surface area contributed by atoms with Crippen molar-refractivity contribution in [1.29, 1.82) is 0 Å². The number of hydrogen-bond acceptors (Lipinski definition) is 7. The second-order valence-electron chi connectivity index (χ2n) is 9.71. The lowest BCUT2D eigenvalue weighted by molar-refractivity contribution is -0.156. The van der Waals surface area contributed by atoms with Gasteiger partial charge in [0, 0.05) is 37.1 Å². The first kappa shape index (κ1) is 24.5. The average Bonchev–Trinajstić information content (AvgIpc) is 2.94. The van der Waals surface area contributed by atoms with E-state index in [9.17, 15) is 9.90 Å². The molecule has 2 aromatic carbocycles. The van der Waals surface area contributed by atoms with E-state index in [-0.39, 0.29) is 24.0 Å². The third-order valence-corrected chi connectivity index (χ3v) is 6.31. The maximum Gasteiger partial charge on any atom is 0.310 e. The van der Waals surface area contributed by atoms with Gasteiger partial charge >= 0.3 is 5.97 Å². The fourth-order valence-corrected chi connectivity index (χ4v) is 4.63. The number of aliphatic imine (C=N–C) groups is 1. The van der Waals surface area contributed by atoms with Crippen LogP contribution in [0.5, 0.6) is 11.5 Å². The Morgan fingerprint density at radius 1 is 1.29 bits per heavy atom. The number of halogens is 1. The minimum Gasteiger partial charge on any atom is -0.462 e. The zero-order chi connectivity index (χ0) is 24.5. The van der Waals surface area contributed by atoms with Crippen molar-refractivity contribution in [2.24, 2.45) is 10.9 Å². The number of piperazine rings is 1. The largest absolute Gasteiger partial charge is 0.462 e. The van der Waals surface area contributed by atoms with Gasteiger partial charge in [-0.2, -0.15) is 0 Å². The van der Waals surface area contributed by atoms with Crippen LogP contribution in [-0.2, 0) is 9.53 Å². The lowest BCUT2D eigenvalue weighted by Gasteiger charge is -2.38. The van der Waals surface area contributed by atoms with Crippen molar-refractivity contribution in [2.45, 2.75) is 51.9 Å². The zero-order valence-corrected chi connectivity index (χ0v) is 20.8. The molecule has 0 unspecified atom stereocenters. The molecule has 0 amide bonds. The van der Waals surface area contributed by atoms with Gasteiger partial charge in [-0.3, -0.25) is 4.79 Å². The van der Waals surface area contributed by atoms with Gasteiger partial charge in [0.1, 0.15) is 23.4 Å². The fraction of sp³-hybridized carbons (Fsp3) is 0.462. The topological polar surface area (TPSA) is 83.4 Å². The average molecular weight is 486 g/mol. The number of hydrogen-bond donors (Lipinski definition) is 2. The third-order valence-electron chi connectivity index (χ3n) is 6.08. The van der Waals surface area contributed by atoms with Crippen molar-refractivity contribution in [1.82, 2.24) is 10.2 Å². The van der Waals surface area contributed by atoms with Crippen molar-refractivity contribution >= 4 is 29.1 Å². The zero-order valence-electron chi connectivity index (χ0n) is 20.0. The Morgan fingerprint density at radius 2 is 2.06 bits per heavy atom. The molecule has 8 heteroatoms. The highest BCUT2D eigenvalue weighted by molar-refractivity contribution is 6.31. The molecule has 0 radical (unpaired) electrons. The molecule has 182 valence electrons. The molecule has 2 N–H and O–H groups in total. The van der Waals surface area contributed by atoms with E-state index < -0.39 is 5.60 Å². The normalized spacial score (nSPS) is 19.6. The highest BCUT2D eigenvalue weighted by Crippen LogP contribution is 2.39. The molecule has 2 aliphatic rings. The van der Waals surface area contributed by atoms with E-state index >= 15 is 0 Å². The summed E-state index contributed by atoms with van der Waals surface area (Å²) in [5, 5.41) is 14.1. The predicted octanol–water partition coefficient (Wildman–Crippen LogP) is 4.53. The molecule has 0 aliphatic carbocycles. The van der Waals surface area contributed by atoms with Gasteiger partial charge in [-0.1, -0.05) is 30.7 Å². The van der Waals surface area contributed by atoms with Crippen molar-refractivity contribution in [2.75, 3.05) is 19.6 Å². The Balaban J connectivity index is 1.55. The first-order valence-corrected chi connectivity index (χ1v) is 12.1. The number of carbonyl (C=O) groups excluding carboxylic acids is 1. The first-order chi connectivity index (χ1) is 16.1. The van der Waals surface area contributed by atoms with E-state index in [2.05, 4.69) is 10.2 Å². The summed E-state index contributed by atoms with van der Waals surface area (Å²) in [5.41, 5.74) is 0.668. The number of rotatable bonds is 5. The van der Waals surface area contributed by atoms with Gasteiger partial charge < -0.3 is 24.8 Å². The van der Waals surface area contributed by atoms with Gasteiger partial charge in [-0.15, -0.1) is 0 Å². The molecular weight excluding hydrogens is 454 g/mol. The fourth-order valence-electron chi connectivity index (χ4n) is 4.46. The molecule has 4 rings (SSSR count). The Hall–Kier alpha value is -2.61. The molecule has 2 aromatic rings. The molecular formula is C26H32ClN3O4. The van der Waals surface area contributed by atoms with Crippen LogP contribution in [0, 0.1) is 5.92 Å². The first-order valence-electron chi connectivity index (χ1n) is 11.7. The molecule has 34 heavy (non-hydrogen) atoms. The molecule has 1 saturated heterocycles. The van der Waals surface area contributed by atoms with E-state index in [1.807, 2.05) is 44.2 Å². The van der Waals surface area contributed by atoms with E-state index in [0.29, 0.717) is 36.0 Å². The molecule has 0 aromatic heterocycles. The van der Waals surface area contributed by atoms with Crippen molar-refractivity contribution in [3.63, 3.8) is 0 Å².